The van der Waals surface area contributed by atoms with Crippen LogP contribution in [0.4, 0.5) is 10.2 Å². The maximum Gasteiger partial charge on any atom is 0.351 e. The van der Waals surface area contributed by atoms with Gasteiger partial charge < -0.3 is 25.3 Å². The smallest absolute Gasteiger partial charge is 0.351 e. The Bertz CT molecular complexity index is 974. The van der Waals surface area contributed by atoms with Crippen LogP contribution in [0.3, 0.4) is 0 Å². The van der Waals surface area contributed by atoms with E-state index >= 15 is 0 Å². The predicted octanol–water partition coefficient (Wildman–Crippen LogP) is -0.919. The van der Waals surface area contributed by atoms with Crippen molar-refractivity contribution in [3.8, 4) is 0 Å². The van der Waals surface area contributed by atoms with Crippen LogP contribution in [-0.2, 0) is 4.74 Å². The van der Waals surface area contributed by atoms with Crippen LogP contribution in [0.1, 0.15) is 22.3 Å². The standard InChI is InChI=1S/C16H17FN4O6/c1-7-8(2-3-11(23)18-7)14(25)19-10-4-5-21(16(26)20-10)15-12(17)13(24)9(6-22)27-15/h2-5,9,12-13,15,22,24H,6H2,1H3,(H,18,23)(H,19,20,25,26)/t9-,12-,13-,15-/m1/s1. The fourth-order valence-corrected chi connectivity index (χ4v) is 2.76. The number of ether oxygens (including phenoxy) is 1. The number of alkyl halides is 1. The molecule has 11 heteroatoms. The van der Waals surface area contributed by atoms with E-state index in [1.165, 1.54) is 18.2 Å². The lowest BCUT2D eigenvalue weighted by Gasteiger charge is -2.16. The Morgan fingerprint density at radius 3 is 2.74 bits per heavy atom. The van der Waals surface area contributed by atoms with Crippen molar-refractivity contribution in [3.05, 3.63) is 56.5 Å². The van der Waals surface area contributed by atoms with Gasteiger partial charge >= 0.3 is 5.69 Å². The monoisotopic (exact) mass is 380 g/mol. The van der Waals surface area contributed by atoms with Crippen molar-refractivity contribution in [2.24, 2.45) is 0 Å². The molecule has 0 aromatic carbocycles. The van der Waals surface area contributed by atoms with E-state index in [2.05, 4.69) is 15.3 Å². The number of aromatic amines is 1. The van der Waals surface area contributed by atoms with Crippen LogP contribution in [-0.4, -0.2) is 55.6 Å². The Morgan fingerprint density at radius 2 is 2.15 bits per heavy atom. The Hall–Kier alpha value is -2.89. The molecule has 0 unspecified atom stereocenters. The van der Waals surface area contributed by atoms with E-state index in [1.807, 2.05) is 0 Å². The number of aromatic nitrogens is 3. The third-order valence-electron chi connectivity index (χ3n) is 4.18. The molecule has 0 aliphatic carbocycles. The molecule has 1 aliphatic rings. The number of aryl methyl sites for hydroxylation is 1. The molecular weight excluding hydrogens is 363 g/mol. The van der Waals surface area contributed by atoms with Gasteiger partial charge in [0.1, 0.15) is 18.0 Å². The van der Waals surface area contributed by atoms with Gasteiger partial charge in [-0.2, -0.15) is 4.98 Å². The summed E-state index contributed by atoms with van der Waals surface area (Å²) < 4.78 is 20.1. The van der Waals surface area contributed by atoms with Gasteiger partial charge in [-0.3, -0.25) is 14.2 Å². The highest BCUT2D eigenvalue weighted by molar-refractivity contribution is 6.04. The fraction of sp³-hybridized carbons (Fsp3) is 0.375. The Morgan fingerprint density at radius 1 is 1.41 bits per heavy atom. The number of H-pyrrole nitrogens is 1. The van der Waals surface area contributed by atoms with Crippen LogP contribution in [0.2, 0.25) is 0 Å². The molecule has 0 bridgehead atoms. The predicted molar refractivity (Wildman–Crippen MR) is 90.1 cm³/mol. The van der Waals surface area contributed by atoms with Gasteiger partial charge in [-0.05, 0) is 19.1 Å². The summed E-state index contributed by atoms with van der Waals surface area (Å²) in [6.07, 6.45) is -4.93. The quantitative estimate of drug-likeness (QED) is 0.536. The summed E-state index contributed by atoms with van der Waals surface area (Å²) in [6.45, 7) is 0.941. The number of aliphatic hydroxyl groups excluding tert-OH is 2. The van der Waals surface area contributed by atoms with Crippen molar-refractivity contribution >= 4 is 11.7 Å². The van der Waals surface area contributed by atoms with Gasteiger partial charge in [-0.1, -0.05) is 0 Å². The SMILES string of the molecule is Cc1[nH]c(=O)ccc1C(=O)Nc1ccn([C@@H]2O[C@H](CO)[C@@H](O)[C@H]2F)c(=O)n1. The van der Waals surface area contributed by atoms with Crippen molar-refractivity contribution in [1.82, 2.24) is 14.5 Å². The molecule has 1 aliphatic heterocycles. The van der Waals surface area contributed by atoms with Crippen LogP contribution in [0.25, 0.3) is 0 Å². The van der Waals surface area contributed by atoms with E-state index in [4.69, 9.17) is 9.84 Å². The molecule has 0 saturated carbocycles. The first kappa shape index (κ1) is 18.9. The zero-order valence-electron chi connectivity index (χ0n) is 14.1. The average molecular weight is 380 g/mol. The normalized spacial score (nSPS) is 24.7. The van der Waals surface area contributed by atoms with Crippen molar-refractivity contribution in [2.45, 2.75) is 31.5 Å². The zero-order valence-corrected chi connectivity index (χ0v) is 14.1. The molecule has 3 heterocycles. The average Bonchev–Trinajstić information content (AvgIpc) is 2.90. The molecule has 0 radical (unpaired) electrons. The summed E-state index contributed by atoms with van der Waals surface area (Å²) >= 11 is 0. The summed E-state index contributed by atoms with van der Waals surface area (Å²) in [5, 5.41) is 21.1. The van der Waals surface area contributed by atoms with Crippen LogP contribution < -0.4 is 16.6 Å². The molecule has 144 valence electrons. The number of aliphatic hydroxyl groups is 2. The number of anilines is 1. The van der Waals surface area contributed by atoms with E-state index in [-0.39, 0.29) is 16.9 Å². The third kappa shape index (κ3) is 3.65. The van der Waals surface area contributed by atoms with Crippen molar-refractivity contribution in [3.63, 3.8) is 0 Å². The minimum absolute atomic E-state index is 0.0838. The minimum Gasteiger partial charge on any atom is -0.394 e. The summed E-state index contributed by atoms with van der Waals surface area (Å²) in [6, 6.07) is 3.78. The van der Waals surface area contributed by atoms with Crippen molar-refractivity contribution < 1.29 is 24.1 Å². The first-order chi connectivity index (χ1) is 12.8. The molecule has 27 heavy (non-hydrogen) atoms. The number of nitrogens with one attached hydrogen (secondary N) is 2. The number of rotatable bonds is 4. The Balaban J connectivity index is 1.80. The van der Waals surface area contributed by atoms with Gasteiger partial charge in [0.25, 0.3) is 5.91 Å². The molecule has 1 amide bonds. The molecule has 3 rings (SSSR count). The lowest BCUT2D eigenvalue weighted by molar-refractivity contribution is -0.0490. The van der Waals surface area contributed by atoms with Gasteiger partial charge in [0.05, 0.1) is 12.2 Å². The minimum atomic E-state index is -1.93. The van der Waals surface area contributed by atoms with E-state index in [1.54, 1.807) is 6.92 Å². The van der Waals surface area contributed by atoms with E-state index < -0.39 is 42.8 Å². The molecule has 4 N–H and O–H groups in total. The van der Waals surface area contributed by atoms with Crippen LogP contribution in [0.15, 0.2) is 34.0 Å². The zero-order chi connectivity index (χ0) is 19.7. The van der Waals surface area contributed by atoms with Gasteiger partial charge in [-0.25, -0.2) is 9.18 Å². The maximum absolute atomic E-state index is 14.1. The summed E-state index contributed by atoms with van der Waals surface area (Å²) in [5.41, 5.74) is -0.732. The highest BCUT2D eigenvalue weighted by Gasteiger charge is 2.45. The number of carbonyl (C=O) groups is 1. The van der Waals surface area contributed by atoms with Crippen LogP contribution in [0, 0.1) is 6.92 Å². The second-order valence-corrected chi connectivity index (χ2v) is 6.00. The molecule has 1 saturated heterocycles. The lowest BCUT2D eigenvalue weighted by Crippen LogP contribution is -2.33. The Kier molecular flexibility index (Phi) is 5.17. The Labute approximate surface area is 151 Å². The summed E-state index contributed by atoms with van der Waals surface area (Å²) in [5.74, 6) is -0.677. The van der Waals surface area contributed by atoms with Crippen LogP contribution >= 0.6 is 0 Å². The molecule has 10 nitrogen and oxygen atoms in total. The van der Waals surface area contributed by atoms with Gasteiger partial charge in [-0.15, -0.1) is 0 Å². The molecule has 2 aromatic rings. The highest BCUT2D eigenvalue weighted by atomic mass is 19.1. The third-order valence-corrected chi connectivity index (χ3v) is 4.18. The number of pyridine rings is 1. The second kappa shape index (κ2) is 7.39. The topological polar surface area (TPSA) is 147 Å². The molecule has 0 spiro atoms. The summed E-state index contributed by atoms with van der Waals surface area (Å²) in [7, 11) is 0. The van der Waals surface area contributed by atoms with E-state index in [0.29, 0.717) is 5.69 Å². The first-order valence-electron chi connectivity index (χ1n) is 8.00. The maximum atomic E-state index is 14.1. The van der Waals surface area contributed by atoms with Crippen LogP contribution in [0.5, 0.6) is 0 Å². The van der Waals surface area contributed by atoms with Gasteiger partial charge in [0.2, 0.25) is 5.56 Å². The molecule has 4 atom stereocenters. The van der Waals surface area contributed by atoms with Crippen molar-refractivity contribution in [2.75, 3.05) is 11.9 Å². The second-order valence-electron chi connectivity index (χ2n) is 6.00. The fourth-order valence-electron chi connectivity index (χ4n) is 2.76. The number of hydrogen-bond donors (Lipinski definition) is 4. The summed E-state index contributed by atoms with van der Waals surface area (Å²) in [4.78, 5) is 41.8. The number of halogens is 1. The van der Waals surface area contributed by atoms with E-state index in [9.17, 15) is 23.9 Å². The lowest BCUT2D eigenvalue weighted by atomic mass is 10.1. The van der Waals surface area contributed by atoms with Gasteiger partial charge in [0, 0.05) is 18.0 Å². The van der Waals surface area contributed by atoms with E-state index in [0.717, 1.165) is 10.8 Å². The number of carbonyl (C=O) groups excluding carboxylic acids is 1. The first-order valence-corrected chi connectivity index (χ1v) is 8.00. The molecule has 2 aromatic heterocycles. The highest BCUT2D eigenvalue weighted by Crippen LogP contribution is 2.30. The largest absolute Gasteiger partial charge is 0.394 e. The molecule has 1 fully saturated rings. The van der Waals surface area contributed by atoms with Gasteiger partial charge in [0.15, 0.2) is 12.4 Å². The molecular formula is C16H17FN4O6. The van der Waals surface area contributed by atoms with Crippen molar-refractivity contribution in [1.29, 1.82) is 0 Å². The number of nitrogens with zero attached hydrogens (tertiary/aromatic N) is 2. The number of hydrogen-bond acceptors (Lipinski definition) is 7. The number of amides is 1.